The van der Waals surface area contributed by atoms with E-state index >= 15 is 0 Å². The Morgan fingerprint density at radius 2 is 2.20 bits per heavy atom. The Morgan fingerprint density at radius 3 is 2.88 bits per heavy atom. The minimum atomic E-state index is -0.752. The Kier molecular flexibility index (Phi) is 4.57. The maximum atomic E-state index is 13.9. The van der Waals surface area contributed by atoms with Crippen LogP contribution in [0.1, 0.15) is 0 Å². The van der Waals surface area contributed by atoms with Crippen molar-refractivity contribution in [1.82, 2.24) is 19.7 Å². The summed E-state index contributed by atoms with van der Waals surface area (Å²) in [4.78, 5) is 18.4. The molecule has 0 aliphatic carbocycles. The van der Waals surface area contributed by atoms with Crippen molar-refractivity contribution in [3.8, 4) is 11.6 Å². The molecule has 0 unspecified atom stereocenters. The number of halogens is 2. The highest BCUT2D eigenvalue weighted by Gasteiger charge is 2.15. The third kappa shape index (κ3) is 3.88. The minimum absolute atomic E-state index is 0.000730. The van der Waals surface area contributed by atoms with Crippen molar-refractivity contribution in [2.24, 2.45) is 7.05 Å². The second-order valence-corrected chi connectivity index (χ2v) is 5.70. The third-order valence-corrected chi connectivity index (χ3v) is 3.55. The smallest absolute Gasteiger partial charge is 0.273 e. The van der Waals surface area contributed by atoms with E-state index in [-0.39, 0.29) is 23.3 Å². The molecule has 1 aromatic carbocycles. The summed E-state index contributed by atoms with van der Waals surface area (Å²) in [6.07, 6.45) is 4.70. The van der Waals surface area contributed by atoms with E-state index in [4.69, 9.17) is 4.74 Å². The second kappa shape index (κ2) is 6.81. The van der Waals surface area contributed by atoms with E-state index in [2.05, 4.69) is 36.3 Å². The first-order valence-corrected chi connectivity index (χ1v) is 7.61. The predicted octanol–water partition coefficient (Wildman–Crippen LogP) is 3.56. The molecule has 9 nitrogen and oxygen atoms in total. The molecule has 1 N–H and O–H groups in total. The molecule has 25 heavy (non-hydrogen) atoms. The molecule has 11 heteroatoms. The Balaban J connectivity index is 1.88. The predicted molar refractivity (Wildman–Crippen MR) is 89.4 cm³/mol. The molecule has 0 amide bonds. The average molecular weight is 409 g/mol. The number of non-ortho nitro benzene ring substituents is 1. The maximum absolute atomic E-state index is 13.9. The van der Waals surface area contributed by atoms with Gasteiger partial charge in [0.15, 0.2) is 11.6 Å². The summed E-state index contributed by atoms with van der Waals surface area (Å²) in [5.41, 5.74) is 0.354. The second-order valence-electron chi connectivity index (χ2n) is 4.85. The number of hydrogen-bond donors (Lipinski definition) is 1. The molecule has 0 aliphatic rings. The molecule has 0 saturated carbocycles. The van der Waals surface area contributed by atoms with E-state index in [0.29, 0.717) is 10.2 Å². The van der Waals surface area contributed by atoms with Gasteiger partial charge in [0.05, 0.1) is 33.5 Å². The van der Waals surface area contributed by atoms with Crippen molar-refractivity contribution in [2.75, 3.05) is 5.32 Å². The summed E-state index contributed by atoms with van der Waals surface area (Å²) < 4.78 is 21.2. The Morgan fingerprint density at radius 1 is 1.40 bits per heavy atom. The van der Waals surface area contributed by atoms with E-state index in [9.17, 15) is 14.5 Å². The van der Waals surface area contributed by atoms with Crippen molar-refractivity contribution in [3.05, 3.63) is 57.2 Å². The van der Waals surface area contributed by atoms with Gasteiger partial charge in [-0.2, -0.15) is 10.1 Å². The third-order valence-electron chi connectivity index (χ3n) is 3.01. The van der Waals surface area contributed by atoms with Crippen LogP contribution in [0.4, 0.5) is 21.7 Å². The lowest BCUT2D eigenvalue weighted by Gasteiger charge is -2.09. The van der Waals surface area contributed by atoms with Crippen molar-refractivity contribution in [2.45, 2.75) is 0 Å². The van der Waals surface area contributed by atoms with Crippen LogP contribution in [0, 0.1) is 15.9 Å². The highest BCUT2D eigenvalue weighted by atomic mass is 79.9. The van der Waals surface area contributed by atoms with Gasteiger partial charge in [0, 0.05) is 19.3 Å². The number of nitrogens with zero attached hydrogens (tertiary/aromatic N) is 5. The topological polar surface area (TPSA) is 108 Å². The number of benzene rings is 1. The lowest BCUT2D eigenvalue weighted by Crippen LogP contribution is -2.00. The number of nitro groups is 1. The fourth-order valence-electron chi connectivity index (χ4n) is 1.89. The van der Waals surface area contributed by atoms with Crippen LogP contribution >= 0.6 is 15.9 Å². The summed E-state index contributed by atoms with van der Waals surface area (Å²) >= 11 is 3.20. The molecule has 3 aromatic rings. The molecule has 0 bridgehead atoms. The lowest BCUT2D eigenvalue weighted by molar-refractivity contribution is -0.385. The fourth-order valence-corrected chi connectivity index (χ4v) is 2.16. The summed E-state index contributed by atoms with van der Waals surface area (Å²) in [5.74, 6) is -0.878. The molecule has 0 spiro atoms. The zero-order chi connectivity index (χ0) is 18.0. The van der Waals surface area contributed by atoms with E-state index in [1.165, 1.54) is 6.20 Å². The molecule has 128 valence electrons. The summed E-state index contributed by atoms with van der Waals surface area (Å²) in [5, 5.41) is 17.7. The summed E-state index contributed by atoms with van der Waals surface area (Å²) in [6, 6.07) is 2.99. The van der Waals surface area contributed by atoms with Gasteiger partial charge < -0.3 is 10.1 Å². The van der Waals surface area contributed by atoms with Gasteiger partial charge in [-0.1, -0.05) is 0 Å². The van der Waals surface area contributed by atoms with Crippen molar-refractivity contribution in [3.63, 3.8) is 0 Å². The van der Waals surface area contributed by atoms with Gasteiger partial charge in [-0.05, 0) is 22.0 Å². The van der Waals surface area contributed by atoms with Crippen LogP contribution in [-0.4, -0.2) is 24.7 Å². The number of rotatable bonds is 5. The molecular weight excluding hydrogens is 399 g/mol. The normalized spacial score (nSPS) is 10.5. The monoisotopic (exact) mass is 408 g/mol. The Bertz CT molecular complexity index is 948. The number of nitro benzene ring substituents is 1. The van der Waals surface area contributed by atoms with Gasteiger partial charge in [-0.3, -0.25) is 14.8 Å². The van der Waals surface area contributed by atoms with Gasteiger partial charge in [0.25, 0.3) is 5.69 Å². The van der Waals surface area contributed by atoms with Gasteiger partial charge in [-0.15, -0.1) is 0 Å². The summed E-state index contributed by atoms with van der Waals surface area (Å²) in [7, 11) is 1.76. The highest BCUT2D eigenvalue weighted by Crippen LogP contribution is 2.32. The standard InChI is InChI=1S/C14H10BrFN6O3/c1-21-7-8(5-18-21)19-14-17-6-10(15)13(20-14)25-12-4-9(22(23)24)2-3-11(12)16/h2-7H,1H3,(H,17,19,20). The molecule has 3 rings (SSSR count). The number of nitrogens with one attached hydrogen (secondary N) is 1. The fraction of sp³-hybridized carbons (Fsp3) is 0.0714. The largest absolute Gasteiger partial charge is 0.434 e. The average Bonchev–Trinajstić information content (AvgIpc) is 2.97. The van der Waals surface area contributed by atoms with Crippen molar-refractivity contribution in [1.29, 1.82) is 0 Å². The SMILES string of the molecule is Cn1cc(Nc2ncc(Br)c(Oc3cc([N+](=O)[O-])ccc3F)n2)cn1. The first kappa shape index (κ1) is 16.8. The van der Waals surface area contributed by atoms with Crippen LogP contribution in [0.2, 0.25) is 0 Å². The van der Waals surface area contributed by atoms with Gasteiger partial charge in [0.2, 0.25) is 11.8 Å². The lowest BCUT2D eigenvalue weighted by atomic mass is 10.3. The number of hydrogen-bond acceptors (Lipinski definition) is 7. The van der Waals surface area contributed by atoms with Gasteiger partial charge in [0.1, 0.15) is 0 Å². The number of ether oxygens (including phenoxy) is 1. The molecule has 0 fully saturated rings. The quantitative estimate of drug-likeness (QED) is 0.507. The number of aromatic nitrogens is 4. The highest BCUT2D eigenvalue weighted by molar-refractivity contribution is 9.10. The van der Waals surface area contributed by atoms with Crippen LogP contribution < -0.4 is 10.1 Å². The van der Waals surface area contributed by atoms with Crippen LogP contribution in [0.5, 0.6) is 11.6 Å². The molecule has 0 aliphatic heterocycles. The molecule has 0 atom stereocenters. The van der Waals surface area contributed by atoms with E-state index in [1.807, 2.05) is 0 Å². The van der Waals surface area contributed by atoms with E-state index < -0.39 is 10.7 Å². The van der Waals surface area contributed by atoms with Crippen LogP contribution in [-0.2, 0) is 7.05 Å². The van der Waals surface area contributed by atoms with Crippen LogP contribution in [0.25, 0.3) is 0 Å². The van der Waals surface area contributed by atoms with Gasteiger partial charge in [-0.25, -0.2) is 9.37 Å². The zero-order valence-corrected chi connectivity index (χ0v) is 14.3. The van der Waals surface area contributed by atoms with Gasteiger partial charge >= 0.3 is 0 Å². The molecule has 0 saturated heterocycles. The number of aryl methyl sites for hydroxylation is 1. The molecule has 0 radical (unpaired) electrons. The minimum Gasteiger partial charge on any atom is -0.434 e. The molecular formula is C14H10BrFN6O3. The van der Waals surface area contributed by atoms with Crippen molar-refractivity contribution >= 4 is 33.3 Å². The molecule has 2 heterocycles. The van der Waals surface area contributed by atoms with Crippen LogP contribution in [0.15, 0.2) is 41.3 Å². The maximum Gasteiger partial charge on any atom is 0.273 e. The zero-order valence-electron chi connectivity index (χ0n) is 12.7. The summed E-state index contributed by atoms with van der Waals surface area (Å²) in [6.45, 7) is 0. The Hall–Kier alpha value is -3.08. The van der Waals surface area contributed by atoms with Crippen LogP contribution in [0.3, 0.4) is 0 Å². The van der Waals surface area contributed by atoms with E-state index in [1.54, 1.807) is 24.1 Å². The first-order valence-electron chi connectivity index (χ1n) is 6.82. The van der Waals surface area contributed by atoms with E-state index in [0.717, 1.165) is 18.2 Å². The number of anilines is 2. The Labute approximate surface area is 148 Å². The first-order chi connectivity index (χ1) is 11.9. The van der Waals surface area contributed by atoms with Crippen molar-refractivity contribution < 1.29 is 14.1 Å². The molecule has 2 aromatic heterocycles.